The first-order valence-electron chi connectivity index (χ1n) is 5.03. The molecule has 0 radical (unpaired) electrons. The Labute approximate surface area is 106 Å². The standard InChI is InChI=1S/C10H17N3O2S2/c1-10(2,16-3)7-13-17(14,15)8-4-5-12-9(11)6-8/h4-6,13H,7H2,1-3H3,(H2,11,12). The predicted octanol–water partition coefficient (Wildman–Crippen LogP) is 1.08. The summed E-state index contributed by atoms with van der Waals surface area (Å²) in [5, 5.41) is 0. The molecule has 17 heavy (non-hydrogen) atoms. The van der Waals surface area contributed by atoms with Crippen LogP contribution in [-0.2, 0) is 10.0 Å². The molecule has 0 aromatic carbocycles. The molecule has 1 heterocycles. The van der Waals surface area contributed by atoms with Crippen molar-refractivity contribution < 1.29 is 8.42 Å². The van der Waals surface area contributed by atoms with E-state index in [1.807, 2.05) is 20.1 Å². The van der Waals surface area contributed by atoms with E-state index < -0.39 is 10.0 Å². The monoisotopic (exact) mass is 275 g/mol. The number of rotatable bonds is 5. The van der Waals surface area contributed by atoms with Gasteiger partial charge in [-0.25, -0.2) is 18.1 Å². The number of aromatic nitrogens is 1. The van der Waals surface area contributed by atoms with E-state index in [9.17, 15) is 8.42 Å². The topological polar surface area (TPSA) is 85.1 Å². The fraction of sp³-hybridized carbons (Fsp3) is 0.500. The average Bonchev–Trinajstić information content (AvgIpc) is 2.27. The van der Waals surface area contributed by atoms with Gasteiger partial charge < -0.3 is 5.73 Å². The highest BCUT2D eigenvalue weighted by molar-refractivity contribution is 8.00. The van der Waals surface area contributed by atoms with E-state index in [0.29, 0.717) is 6.54 Å². The minimum absolute atomic E-state index is 0.141. The van der Waals surface area contributed by atoms with Gasteiger partial charge in [0.25, 0.3) is 0 Å². The minimum atomic E-state index is -3.51. The second-order valence-corrected chi connectivity index (χ2v) is 7.49. The summed E-state index contributed by atoms with van der Waals surface area (Å²) < 4.78 is 26.3. The number of sulfonamides is 1. The number of nitrogens with two attached hydrogens (primary N) is 1. The Morgan fingerprint density at radius 2 is 2.18 bits per heavy atom. The lowest BCUT2D eigenvalue weighted by Gasteiger charge is -2.22. The molecule has 5 nitrogen and oxygen atoms in total. The van der Waals surface area contributed by atoms with E-state index in [1.165, 1.54) is 18.3 Å². The number of anilines is 1. The Morgan fingerprint density at radius 1 is 1.53 bits per heavy atom. The maximum Gasteiger partial charge on any atom is 0.240 e. The van der Waals surface area contributed by atoms with Crippen LogP contribution in [0.4, 0.5) is 5.82 Å². The molecular formula is C10H17N3O2S2. The molecule has 0 bridgehead atoms. The Balaban J connectivity index is 2.83. The van der Waals surface area contributed by atoms with Crippen molar-refractivity contribution in [1.82, 2.24) is 9.71 Å². The maximum absolute atomic E-state index is 11.9. The molecule has 0 unspecified atom stereocenters. The molecule has 1 aromatic rings. The fourth-order valence-corrected chi connectivity index (χ4v) is 2.56. The van der Waals surface area contributed by atoms with Gasteiger partial charge in [-0.3, -0.25) is 0 Å². The number of thioether (sulfide) groups is 1. The number of nitrogen functional groups attached to an aromatic ring is 1. The zero-order valence-corrected chi connectivity index (χ0v) is 11.7. The quantitative estimate of drug-likeness (QED) is 0.840. The summed E-state index contributed by atoms with van der Waals surface area (Å²) in [5.41, 5.74) is 5.46. The van der Waals surface area contributed by atoms with Crippen LogP contribution in [0.15, 0.2) is 23.2 Å². The van der Waals surface area contributed by atoms with Crippen molar-refractivity contribution in [2.75, 3.05) is 18.5 Å². The van der Waals surface area contributed by atoms with E-state index in [2.05, 4.69) is 9.71 Å². The van der Waals surface area contributed by atoms with Crippen molar-refractivity contribution in [2.24, 2.45) is 0 Å². The third-order valence-electron chi connectivity index (χ3n) is 2.30. The maximum atomic E-state index is 11.9. The second-order valence-electron chi connectivity index (χ2n) is 4.20. The summed E-state index contributed by atoms with van der Waals surface area (Å²) in [4.78, 5) is 3.90. The SMILES string of the molecule is CSC(C)(C)CNS(=O)(=O)c1ccnc(N)c1. The lowest BCUT2D eigenvalue weighted by atomic mass is 10.2. The summed E-state index contributed by atoms with van der Waals surface area (Å²) in [6, 6.07) is 2.76. The first-order chi connectivity index (χ1) is 7.77. The van der Waals surface area contributed by atoms with Crippen molar-refractivity contribution in [3.63, 3.8) is 0 Å². The lowest BCUT2D eigenvalue weighted by Crippen LogP contribution is -2.36. The van der Waals surface area contributed by atoms with E-state index in [4.69, 9.17) is 5.73 Å². The van der Waals surface area contributed by atoms with Crippen LogP contribution in [0.25, 0.3) is 0 Å². The Morgan fingerprint density at radius 3 is 2.71 bits per heavy atom. The van der Waals surface area contributed by atoms with E-state index in [0.717, 1.165) is 0 Å². The molecule has 0 fully saturated rings. The summed E-state index contributed by atoms with van der Waals surface area (Å²) in [6.45, 7) is 4.31. The smallest absolute Gasteiger partial charge is 0.240 e. The second kappa shape index (κ2) is 5.24. The molecule has 0 aliphatic rings. The summed E-state index contributed by atoms with van der Waals surface area (Å²) >= 11 is 1.60. The zero-order chi connectivity index (χ0) is 13.1. The molecule has 0 saturated heterocycles. The average molecular weight is 275 g/mol. The van der Waals surface area contributed by atoms with Crippen LogP contribution in [0.1, 0.15) is 13.8 Å². The van der Waals surface area contributed by atoms with Gasteiger partial charge in [0.15, 0.2) is 0 Å². The van der Waals surface area contributed by atoms with Crippen molar-refractivity contribution >= 4 is 27.6 Å². The molecule has 3 N–H and O–H groups in total. The highest BCUT2D eigenvalue weighted by Crippen LogP contribution is 2.20. The molecule has 0 saturated carbocycles. The van der Waals surface area contributed by atoms with Gasteiger partial charge >= 0.3 is 0 Å². The van der Waals surface area contributed by atoms with Crippen LogP contribution in [0.5, 0.6) is 0 Å². The Kier molecular flexibility index (Phi) is 4.40. The highest BCUT2D eigenvalue weighted by Gasteiger charge is 2.21. The van der Waals surface area contributed by atoms with Crippen LogP contribution >= 0.6 is 11.8 Å². The molecule has 1 rings (SSSR count). The van der Waals surface area contributed by atoms with Crippen LogP contribution in [0.3, 0.4) is 0 Å². The number of hydrogen-bond acceptors (Lipinski definition) is 5. The van der Waals surface area contributed by atoms with Crippen LogP contribution in [-0.4, -0.2) is 30.9 Å². The predicted molar refractivity (Wildman–Crippen MR) is 71.4 cm³/mol. The Bertz CT molecular complexity index is 486. The van der Waals surface area contributed by atoms with Gasteiger partial charge in [0.05, 0.1) is 4.90 Å². The third-order valence-corrected chi connectivity index (χ3v) is 4.95. The fourth-order valence-electron chi connectivity index (χ4n) is 1.02. The van der Waals surface area contributed by atoms with Crippen molar-refractivity contribution in [2.45, 2.75) is 23.5 Å². The molecule has 0 atom stereocenters. The molecule has 96 valence electrons. The number of nitrogens with zero attached hydrogens (tertiary/aromatic N) is 1. The molecule has 0 aliphatic heterocycles. The van der Waals surface area contributed by atoms with Gasteiger partial charge in [-0.2, -0.15) is 11.8 Å². The molecule has 0 amide bonds. The molecular weight excluding hydrogens is 258 g/mol. The summed E-state index contributed by atoms with van der Waals surface area (Å²) in [5.74, 6) is 0.192. The van der Waals surface area contributed by atoms with Crippen LogP contribution < -0.4 is 10.5 Å². The zero-order valence-electron chi connectivity index (χ0n) is 10.1. The van der Waals surface area contributed by atoms with Gasteiger partial charge in [0, 0.05) is 23.6 Å². The normalized spacial score (nSPS) is 12.6. The van der Waals surface area contributed by atoms with E-state index in [-0.39, 0.29) is 15.5 Å². The third kappa shape index (κ3) is 4.18. The summed E-state index contributed by atoms with van der Waals surface area (Å²) in [7, 11) is -3.51. The molecule has 1 aromatic heterocycles. The first-order valence-corrected chi connectivity index (χ1v) is 7.74. The number of pyridine rings is 1. The number of nitrogens with one attached hydrogen (secondary N) is 1. The molecule has 0 aliphatic carbocycles. The Hall–Kier alpha value is -0.790. The molecule has 7 heteroatoms. The lowest BCUT2D eigenvalue weighted by molar-refractivity contribution is 0.570. The van der Waals surface area contributed by atoms with Gasteiger partial charge in [-0.1, -0.05) is 0 Å². The van der Waals surface area contributed by atoms with Gasteiger partial charge in [-0.05, 0) is 26.2 Å². The van der Waals surface area contributed by atoms with Crippen molar-refractivity contribution in [3.05, 3.63) is 18.3 Å². The van der Waals surface area contributed by atoms with Crippen LogP contribution in [0, 0.1) is 0 Å². The largest absolute Gasteiger partial charge is 0.384 e. The number of hydrogen-bond donors (Lipinski definition) is 2. The minimum Gasteiger partial charge on any atom is -0.384 e. The van der Waals surface area contributed by atoms with E-state index >= 15 is 0 Å². The van der Waals surface area contributed by atoms with Gasteiger partial charge in [-0.15, -0.1) is 0 Å². The van der Waals surface area contributed by atoms with Gasteiger partial charge in [0.1, 0.15) is 5.82 Å². The van der Waals surface area contributed by atoms with Crippen molar-refractivity contribution in [1.29, 1.82) is 0 Å². The molecule has 0 spiro atoms. The highest BCUT2D eigenvalue weighted by atomic mass is 32.2. The van der Waals surface area contributed by atoms with Gasteiger partial charge in [0.2, 0.25) is 10.0 Å². The van der Waals surface area contributed by atoms with E-state index in [1.54, 1.807) is 11.8 Å². The summed E-state index contributed by atoms with van der Waals surface area (Å²) in [6.07, 6.45) is 3.32. The van der Waals surface area contributed by atoms with Crippen LogP contribution in [0.2, 0.25) is 0 Å². The first kappa shape index (κ1) is 14.3. The van der Waals surface area contributed by atoms with Crippen molar-refractivity contribution in [3.8, 4) is 0 Å².